The van der Waals surface area contributed by atoms with E-state index < -0.39 is 5.97 Å². The van der Waals surface area contributed by atoms with E-state index >= 15 is 0 Å². The van der Waals surface area contributed by atoms with Gasteiger partial charge in [0.25, 0.3) is 0 Å². The lowest BCUT2D eigenvalue weighted by molar-refractivity contribution is -0.136. The van der Waals surface area contributed by atoms with Crippen molar-refractivity contribution in [2.75, 3.05) is 7.11 Å². The van der Waals surface area contributed by atoms with E-state index in [1.807, 2.05) is 6.07 Å². The van der Waals surface area contributed by atoms with Gasteiger partial charge in [-0.3, -0.25) is 4.79 Å². The minimum absolute atomic E-state index is 0.0753. The molecule has 0 radical (unpaired) electrons. The molecule has 0 aromatic heterocycles. The van der Waals surface area contributed by atoms with Crippen LogP contribution in [-0.4, -0.2) is 24.2 Å². The first-order chi connectivity index (χ1) is 13.9. The number of hydrogen-bond donors (Lipinski definition) is 2. The molecule has 0 heterocycles. The maximum Gasteiger partial charge on any atom is 0.307 e. The molecule has 5 nitrogen and oxygen atoms in total. The number of rotatable bonds is 6. The second-order valence-electron chi connectivity index (χ2n) is 6.99. The third kappa shape index (κ3) is 8.13. The topological polar surface area (TPSA) is 81.8 Å². The van der Waals surface area contributed by atoms with Crippen LogP contribution in [0.25, 0.3) is 0 Å². The summed E-state index contributed by atoms with van der Waals surface area (Å²) in [6.07, 6.45) is 6.59. The van der Waals surface area contributed by atoms with Crippen molar-refractivity contribution in [2.45, 2.75) is 51.2 Å². The zero-order valence-corrected chi connectivity index (χ0v) is 18.0. The van der Waals surface area contributed by atoms with Crippen molar-refractivity contribution >= 4 is 29.2 Å². The molecule has 0 unspecified atom stereocenters. The summed E-state index contributed by atoms with van der Waals surface area (Å²) < 4.78 is 10.7. The molecule has 0 atom stereocenters. The van der Waals surface area contributed by atoms with E-state index in [0.717, 1.165) is 5.56 Å². The second-order valence-corrected chi connectivity index (χ2v) is 7.81. The van der Waals surface area contributed by atoms with E-state index in [2.05, 4.69) is 0 Å². The van der Waals surface area contributed by atoms with Gasteiger partial charge in [-0.15, -0.1) is 0 Å². The third-order valence-electron chi connectivity index (χ3n) is 4.61. The van der Waals surface area contributed by atoms with Crippen LogP contribution in [0.4, 0.5) is 0 Å². The number of hydrogen-bond acceptors (Lipinski definition) is 4. The summed E-state index contributed by atoms with van der Waals surface area (Å²) in [4.78, 5) is 10.7. The molecular formula is C22H27Cl2NO4. The summed E-state index contributed by atoms with van der Waals surface area (Å²) in [6.45, 7) is 0.293. The van der Waals surface area contributed by atoms with Crippen LogP contribution in [0.2, 0.25) is 10.0 Å². The van der Waals surface area contributed by atoms with Gasteiger partial charge in [-0.05, 0) is 48.2 Å². The van der Waals surface area contributed by atoms with Crippen molar-refractivity contribution in [1.29, 1.82) is 0 Å². The Morgan fingerprint density at radius 2 is 1.62 bits per heavy atom. The van der Waals surface area contributed by atoms with Crippen LogP contribution in [-0.2, 0) is 17.8 Å². The zero-order valence-electron chi connectivity index (χ0n) is 16.5. The Morgan fingerprint density at radius 3 is 2.14 bits per heavy atom. The van der Waals surface area contributed by atoms with E-state index in [1.54, 1.807) is 37.4 Å². The number of benzene rings is 2. The normalized spacial score (nSPS) is 13.9. The first kappa shape index (κ1) is 23.3. The van der Waals surface area contributed by atoms with Crippen LogP contribution >= 0.6 is 23.2 Å². The summed E-state index contributed by atoms with van der Waals surface area (Å²) in [6, 6.07) is 10.8. The summed E-state index contributed by atoms with van der Waals surface area (Å²) >= 11 is 12.1. The van der Waals surface area contributed by atoms with Crippen LogP contribution in [0, 0.1) is 0 Å². The number of nitrogens with two attached hydrogens (primary N) is 1. The molecule has 1 aliphatic rings. The average molecular weight is 440 g/mol. The maximum absolute atomic E-state index is 10.7. The summed E-state index contributed by atoms with van der Waals surface area (Å²) in [5.74, 6) is 0.182. The molecular weight excluding hydrogens is 413 g/mol. The van der Waals surface area contributed by atoms with Gasteiger partial charge in [0.2, 0.25) is 0 Å². The molecule has 3 rings (SSSR count). The highest BCUT2D eigenvalue weighted by Gasteiger charge is 2.08. The van der Waals surface area contributed by atoms with Crippen LogP contribution in [0.5, 0.6) is 11.5 Å². The van der Waals surface area contributed by atoms with Crippen molar-refractivity contribution in [3.63, 3.8) is 0 Å². The predicted molar refractivity (Wildman–Crippen MR) is 116 cm³/mol. The maximum atomic E-state index is 10.7. The summed E-state index contributed by atoms with van der Waals surface area (Å²) in [5.41, 5.74) is 7.13. The molecule has 0 spiro atoms. The Hall–Kier alpha value is -1.95. The van der Waals surface area contributed by atoms with E-state index in [0.29, 0.717) is 39.8 Å². The Bertz CT molecular complexity index is 807. The SMILES string of the molecule is COc1ccc(COc2ccc(CC(=O)O)cc2Cl)cc1Cl.NC1CCCCC1. The quantitative estimate of drug-likeness (QED) is 0.621. The smallest absolute Gasteiger partial charge is 0.307 e. The van der Waals surface area contributed by atoms with Gasteiger partial charge in [-0.2, -0.15) is 0 Å². The van der Waals surface area contributed by atoms with Crippen molar-refractivity contribution < 1.29 is 19.4 Å². The molecule has 0 saturated heterocycles. The van der Waals surface area contributed by atoms with E-state index in [9.17, 15) is 4.79 Å². The molecule has 0 amide bonds. The van der Waals surface area contributed by atoms with Gasteiger partial charge in [0, 0.05) is 6.04 Å². The molecule has 1 saturated carbocycles. The van der Waals surface area contributed by atoms with Crippen LogP contribution in [0.15, 0.2) is 36.4 Å². The van der Waals surface area contributed by atoms with Crippen molar-refractivity contribution in [3.8, 4) is 11.5 Å². The molecule has 158 valence electrons. The van der Waals surface area contributed by atoms with E-state index in [4.69, 9.17) is 43.5 Å². The number of ether oxygens (including phenoxy) is 2. The zero-order chi connectivity index (χ0) is 21.2. The first-order valence-corrected chi connectivity index (χ1v) is 10.4. The van der Waals surface area contributed by atoms with Crippen molar-refractivity contribution in [3.05, 3.63) is 57.6 Å². The van der Waals surface area contributed by atoms with Crippen molar-refractivity contribution in [1.82, 2.24) is 0 Å². The van der Waals surface area contributed by atoms with Crippen LogP contribution < -0.4 is 15.2 Å². The highest BCUT2D eigenvalue weighted by Crippen LogP contribution is 2.28. The number of aliphatic carboxylic acids is 1. The average Bonchev–Trinajstić information content (AvgIpc) is 2.68. The van der Waals surface area contributed by atoms with Crippen LogP contribution in [0.3, 0.4) is 0 Å². The highest BCUT2D eigenvalue weighted by atomic mass is 35.5. The number of halogens is 2. The standard InChI is InChI=1S/C16H14Cl2O4.C6H13N/c1-21-14-4-3-11(7-12(14)17)9-22-15-5-2-10(6-13(15)18)8-16(19)20;7-6-4-2-1-3-5-6/h2-7H,8-9H2,1H3,(H,19,20);6H,1-5,7H2. The molecule has 2 aromatic rings. The Labute approximate surface area is 181 Å². The Kier molecular flexibility index (Phi) is 9.58. The number of carbonyl (C=O) groups is 1. The van der Waals surface area contributed by atoms with Gasteiger partial charge < -0.3 is 20.3 Å². The van der Waals surface area contributed by atoms with Crippen molar-refractivity contribution in [2.24, 2.45) is 5.73 Å². The first-order valence-electron chi connectivity index (χ1n) is 9.60. The molecule has 29 heavy (non-hydrogen) atoms. The van der Waals surface area contributed by atoms with E-state index in [-0.39, 0.29) is 6.42 Å². The van der Waals surface area contributed by atoms with Gasteiger partial charge in [-0.25, -0.2) is 0 Å². The molecule has 0 aliphatic heterocycles. The third-order valence-corrected chi connectivity index (χ3v) is 5.20. The highest BCUT2D eigenvalue weighted by molar-refractivity contribution is 6.32. The fraction of sp³-hybridized carbons (Fsp3) is 0.409. The summed E-state index contributed by atoms with van der Waals surface area (Å²) in [7, 11) is 1.55. The lowest BCUT2D eigenvalue weighted by Gasteiger charge is -2.15. The molecule has 2 aromatic carbocycles. The minimum atomic E-state index is -0.905. The van der Waals surface area contributed by atoms with Crippen LogP contribution in [0.1, 0.15) is 43.2 Å². The van der Waals surface area contributed by atoms with Gasteiger partial charge in [0.05, 0.1) is 23.6 Å². The minimum Gasteiger partial charge on any atom is -0.495 e. The monoisotopic (exact) mass is 439 g/mol. The van der Waals surface area contributed by atoms with E-state index in [1.165, 1.54) is 32.1 Å². The number of methoxy groups -OCH3 is 1. The van der Waals surface area contributed by atoms with Gasteiger partial charge >= 0.3 is 5.97 Å². The molecule has 3 N–H and O–H groups in total. The molecule has 1 fully saturated rings. The van der Waals surface area contributed by atoms with Gasteiger partial charge in [0.15, 0.2) is 0 Å². The molecule has 7 heteroatoms. The summed E-state index contributed by atoms with van der Waals surface area (Å²) in [5, 5.41) is 9.63. The lowest BCUT2D eigenvalue weighted by Crippen LogP contribution is -2.22. The molecule has 0 bridgehead atoms. The predicted octanol–water partition coefficient (Wildman–Crippen LogP) is 5.49. The Balaban J connectivity index is 0.000000360. The second kappa shape index (κ2) is 11.9. The number of carboxylic acid groups (broad SMARTS) is 1. The fourth-order valence-corrected chi connectivity index (χ4v) is 3.58. The van der Waals surface area contributed by atoms with Gasteiger partial charge in [0.1, 0.15) is 18.1 Å². The Morgan fingerprint density at radius 1 is 1.03 bits per heavy atom. The van der Waals surface area contributed by atoms with Gasteiger partial charge in [-0.1, -0.05) is 54.6 Å². The lowest BCUT2D eigenvalue weighted by atomic mass is 9.97. The largest absolute Gasteiger partial charge is 0.495 e. The fourth-order valence-electron chi connectivity index (χ4n) is 3.04. The molecule has 1 aliphatic carbocycles. The number of carboxylic acids is 1.